The van der Waals surface area contributed by atoms with Crippen LogP contribution in [0.25, 0.3) is 6.08 Å². The normalized spacial score (nSPS) is 15.5. The first-order valence-corrected chi connectivity index (χ1v) is 10.1. The van der Waals surface area contributed by atoms with Crippen LogP contribution in [-0.4, -0.2) is 34.3 Å². The quantitative estimate of drug-likeness (QED) is 0.634. The molecule has 0 spiro atoms. The fourth-order valence-corrected chi connectivity index (χ4v) is 3.96. The first-order valence-electron chi connectivity index (χ1n) is 8.94. The molecule has 1 N–H and O–H groups in total. The molecule has 2 aromatic carbocycles. The molecule has 0 atom stereocenters. The Labute approximate surface area is 172 Å². The molecule has 146 valence electrons. The van der Waals surface area contributed by atoms with Gasteiger partial charge < -0.3 is 9.84 Å². The van der Waals surface area contributed by atoms with Crippen molar-refractivity contribution in [2.75, 3.05) is 13.2 Å². The lowest BCUT2D eigenvalue weighted by atomic mass is 10.1. The molecular weight excluding hydrogens is 398 g/mol. The highest BCUT2D eigenvalue weighted by Gasteiger charge is 2.34. The molecule has 0 unspecified atom stereocenters. The molecule has 0 aliphatic carbocycles. The van der Waals surface area contributed by atoms with E-state index in [-0.39, 0.29) is 27.7 Å². The number of rotatable bonds is 7. The summed E-state index contributed by atoms with van der Waals surface area (Å²) in [7, 11) is 0. The fraction of sp³-hybridized carbons (Fsp3) is 0.238. The van der Waals surface area contributed by atoms with Crippen LogP contribution in [0.4, 0.5) is 4.79 Å². The van der Waals surface area contributed by atoms with Gasteiger partial charge in [0.05, 0.1) is 16.5 Å². The largest absolute Gasteiger partial charge is 0.503 e. The minimum atomic E-state index is -0.315. The van der Waals surface area contributed by atoms with Gasteiger partial charge in [-0.1, -0.05) is 41.9 Å². The first kappa shape index (κ1) is 20.3. The van der Waals surface area contributed by atoms with E-state index >= 15 is 0 Å². The molecule has 0 radical (unpaired) electrons. The second-order valence-corrected chi connectivity index (χ2v) is 7.61. The van der Waals surface area contributed by atoms with Crippen molar-refractivity contribution in [2.24, 2.45) is 0 Å². The number of hydrogen-bond acceptors (Lipinski definition) is 5. The average Bonchev–Trinajstić information content (AvgIpc) is 2.94. The number of benzene rings is 2. The Morgan fingerprint density at radius 1 is 1.21 bits per heavy atom. The number of aryl methyl sites for hydroxylation is 1. The van der Waals surface area contributed by atoms with E-state index in [2.05, 4.69) is 0 Å². The second-order valence-electron chi connectivity index (χ2n) is 6.20. The standard InChI is InChI=1S/C21H20ClNO4S/c1-2-27-17-12-15(11-16(22)19(17)24)13-18-20(25)23(21(26)28-18)10-6-9-14-7-4-3-5-8-14/h3-5,7-8,11-13,24H,2,6,9-10H2,1H3/b18-13+. The van der Waals surface area contributed by atoms with Crippen LogP contribution in [0, 0.1) is 0 Å². The molecule has 2 aromatic rings. The third-order valence-corrected chi connectivity index (χ3v) is 5.41. The van der Waals surface area contributed by atoms with Crippen LogP contribution in [0.3, 0.4) is 0 Å². The Morgan fingerprint density at radius 2 is 1.96 bits per heavy atom. The van der Waals surface area contributed by atoms with Crippen molar-refractivity contribution in [2.45, 2.75) is 19.8 Å². The van der Waals surface area contributed by atoms with Gasteiger partial charge in [0.15, 0.2) is 11.5 Å². The Morgan fingerprint density at radius 3 is 2.68 bits per heavy atom. The topological polar surface area (TPSA) is 66.8 Å². The SMILES string of the molecule is CCOc1cc(/C=C2/SC(=O)N(CCCc3ccccc3)C2=O)cc(Cl)c1O. The molecule has 5 nitrogen and oxygen atoms in total. The van der Waals surface area contributed by atoms with E-state index in [9.17, 15) is 14.7 Å². The predicted molar refractivity (Wildman–Crippen MR) is 112 cm³/mol. The summed E-state index contributed by atoms with van der Waals surface area (Å²) < 4.78 is 5.35. The molecule has 0 saturated carbocycles. The van der Waals surface area contributed by atoms with Crippen LogP contribution in [-0.2, 0) is 11.2 Å². The average molecular weight is 418 g/mol. The molecule has 7 heteroatoms. The summed E-state index contributed by atoms with van der Waals surface area (Å²) in [6, 6.07) is 13.1. The van der Waals surface area contributed by atoms with Gasteiger partial charge in [-0.25, -0.2) is 0 Å². The van der Waals surface area contributed by atoms with Gasteiger partial charge in [-0.3, -0.25) is 14.5 Å². The predicted octanol–water partition coefficient (Wildman–Crippen LogP) is 5.11. The van der Waals surface area contributed by atoms with Crippen molar-refractivity contribution in [3.05, 3.63) is 63.5 Å². The van der Waals surface area contributed by atoms with Crippen LogP contribution < -0.4 is 4.74 Å². The highest BCUT2D eigenvalue weighted by molar-refractivity contribution is 8.18. The maximum atomic E-state index is 12.6. The summed E-state index contributed by atoms with van der Waals surface area (Å²) in [4.78, 5) is 26.5. The van der Waals surface area contributed by atoms with Crippen LogP contribution in [0.1, 0.15) is 24.5 Å². The second kappa shape index (κ2) is 9.17. The third-order valence-electron chi connectivity index (χ3n) is 4.21. The highest BCUT2D eigenvalue weighted by atomic mass is 35.5. The first-order chi connectivity index (χ1) is 13.5. The molecular formula is C21H20ClNO4S. The summed E-state index contributed by atoms with van der Waals surface area (Å²) in [6.07, 6.45) is 3.09. The summed E-state index contributed by atoms with van der Waals surface area (Å²) in [5.74, 6) is -0.219. The number of phenols is 1. The molecule has 28 heavy (non-hydrogen) atoms. The smallest absolute Gasteiger partial charge is 0.293 e. The summed E-state index contributed by atoms with van der Waals surface area (Å²) >= 11 is 6.94. The lowest BCUT2D eigenvalue weighted by molar-refractivity contribution is -0.122. The summed E-state index contributed by atoms with van der Waals surface area (Å²) in [6.45, 7) is 2.53. The third kappa shape index (κ3) is 4.69. The Balaban J connectivity index is 1.70. The van der Waals surface area contributed by atoms with Crippen LogP contribution >= 0.6 is 23.4 Å². The van der Waals surface area contributed by atoms with Crippen molar-refractivity contribution in [1.29, 1.82) is 0 Å². The van der Waals surface area contributed by atoms with Gasteiger partial charge in [0, 0.05) is 6.54 Å². The van der Waals surface area contributed by atoms with Gasteiger partial charge >= 0.3 is 0 Å². The zero-order valence-corrected chi connectivity index (χ0v) is 16.9. The summed E-state index contributed by atoms with van der Waals surface area (Å²) in [5.41, 5.74) is 1.76. The number of aromatic hydroxyl groups is 1. The Kier molecular flexibility index (Phi) is 6.65. The maximum absolute atomic E-state index is 12.6. The zero-order chi connectivity index (χ0) is 20.1. The molecule has 1 heterocycles. The van der Waals surface area contributed by atoms with E-state index < -0.39 is 0 Å². The monoisotopic (exact) mass is 417 g/mol. The Hall–Kier alpha value is -2.44. The van der Waals surface area contributed by atoms with Gasteiger partial charge in [-0.15, -0.1) is 0 Å². The highest BCUT2D eigenvalue weighted by Crippen LogP contribution is 2.38. The van der Waals surface area contributed by atoms with E-state index in [4.69, 9.17) is 16.3 Å². The molecule has 0 aromatic heterocycles. The number of halogens is 1. The van der Waals surface area contributed by atoms with Gasteiger partial charge in [0.25, 0.3) is 11.1 Å². The van der Waals surface area contributed by atoms with Crippen molar-refractivity contribution in [1.82, 2.24) is 4.90 Å². The van der Waals surface area contributed by atoms with E-state index in [1.165, 1.54) is 16.5 Å². The van der Waals surface area contributed by atoms with Gasteiger partial charge in [-0.05, 0) is 60.9 Å². The van der Waals surface area contributed by atoms with Crippen LogP contribution in [0.2, 0.25) is 5.02 Å². The number of carbonyl (C=O) groups excluding carboxylic acids is 2. The van der Waals surface area contributed by atoms with Gasteiger partial charge in [0.1, 0.15) is 0 Å². The van der Waals surface area contributed by atoms with Crippen molar-refractivity contribution < 1.29 is 19.4 Å². The minimum Gasteiger partial charge on any atom is -0.503 e. The number of nitrogens with zero attached hydrogens (tertiary/aromatic N) is 1. The van der Waals surface area contributed by atoms with E-state index in [0.29, 0.717) is 30.0 Å². The van der Waals surface area contributed by atoms with E-state index in [0.717, 1.165) is 18.2 Å². The molecule has 2 amide bonds. The maximum Gasteiger partial charge on any atom is 0.293 e. The number of hydrogen-bond donors (Lipinski definition) is 1. The van der Waals surface area contributed by atoms with Crippen molar-refractivity contribution >= 4 is 40.6 Å². The molecule has 1 aliphatic heterocycles. The zero-order valence-electron chi connectivity index (χ0n) is 15.4. The number of ether oxygens (including phenoxy) is 1. The van der Waals surface area contributed by atoms with E-state index in [1.54, 1.807) is 19.1 Å². The molecule has 3 rings (SSSR count). The fourth-order valence-electron chi connectivity index (χ4n) is 2.87. The number of phenolic OH excluding ortho intramolecular Hbond substituents is 1. The van der Waals surface area contributed by atoms with Crippen molar-refractivity contribution in [3.8, 4) is 11.5 Å². The Bertz CT molecular complexity index is 914. The number of thioether (sulfide) groups is 1. The molecule has 1 saturated heterocycles. The van der Waals surface area contributed by atoms with Crippen molar-refractivity contribution in [3.63, 3.8) is 0 Å². The van der Waals surface area contributed by atoms with Crippen LogP contribution in [0.5, 0.6) is 11.5 Å². The molecule has 0 bridgehead atoms. The van der Waals surface area contributed by atoms with Gasteiger partial charge in [0.2, 0.25) is 0 Å². The number of imide groups is 1. The molecule has 1 fully saturated rings. The lowest BCUT2D eigenvalue weighted by Crippen LogP contribution is -2.29. The lowest BCUT2D eigenvalue weighted by Gasteiger charge is -2.12. The van der Waals surface area contributed by atoms with E-state index in [1.807, 2.05) is 30.3 Å². The molecule has 1 aliphatic rings. The number of carbonyl (C=O) groups is 2. The summed E-state index contributed by atoms with van der Waals surface area (Å²) in [5, 5.41) is 9.77. The van der Waals surface area contributed by atoms with Crippen LogP contribution in [0.15, 0.2) is 47.4 Å². The van der Waals surface area contributed by atoms with Gasteiger partial charge in [-0.2, -0.15) is 0 Å². The number of amides is 2. The minimum absolute atomic E-state index is 0.124.